The molecule has 0 saturated carbocycles. The predicted molar refractivity (Wildman–Crippen MR) is 205 cm³/mol. The number of amides is 3. The van der Waals surface area contributed by atoms with Crippen LogP contribution in [0.1, 0.15) is 29.2 Å². The van der Waals surface area contributed by atoms with E-state index in [0.717, 1.165) is 21.6 Å². The number of rotatable bonds is 12. The Bertz CT molecular complexity index is 2260. The highest BCUT2D eigenvalue weighted by Crippen LogP contribution is 2.40. The molecule has 272 valence electrons. The number of carbonyl (C=O) groups is 2. The van der Waals surface area contributed by atoms with Gasteiger partial charge in [0.2, 0.25) is 5.43 Å². The fourth-order valence-corrected chi connectivity index (χ4v) is 7.38. The van der Waals surface area contributed by atoms with Gasteiger partial charge >= 0.3 is 12.1 Å². The van der Waals surface area contributed by atoms with Crippen molar-refractivity contribution >= 4 is 39.4 Å². The van der Waals surface area contributed by atoms with Crippen LogP contribution < -0.4 is 20.8 Å². The first-order valence-corrected chi connectivity index (χ1v) is 17.9. The minimum absolute atomic E-state index is 0.198. The van der Waals surface area contributed by atoms with E-state index < -0.39 is 23.2 Å². The van der Waals surface area contributed by atoms with Crippen LogP contribution in [0.3, 0.4) is 0 Å². The molecule has 6 rings (SSSR count). The number of aromatic nitrogens is 1. The summed E-state index contributed by atoms with van der Waals surface area (Å²) in [6.07, 6.45) is 0.632. The maximum absolute atomic E-state index is 15.1. The van der Waals surface area contributed by atoms with Crippen LogP contribution >= 0.6 is 11.3 Å². The van der Waals surface area contributed by atoms with Crippen LogP contribution in [0.25, 0.3) is 20.7 Å². The lowest BCUT2D eigenvalue weighted by molar-refractivity contribution is 0.151. The van der Waals surface area contributed by atoms with Gasteiger partial charge in [-0.25, -0.2) is 18.4 Å². The lowest BCUT2D eigenvalue weighted by Gasteiger charge is -2.21. The molecule has 53 heavy (non-hydrogen) atoms. The Morgan fingerprint density at radius 2 is 1.43 bits per heavy atom. The molecular formula is C41H39F2N5O4S. The van der Waals surface area contributed by atoms with Gasteiger partial charge in [0.05, 0.1) is 18.1 Å². The van der Waals surface area contributed by atoms with E-state index in [1.54, 1.807) is 16.7 Å². The average Bonchev–Trinajstić information content (AvgIpc) is 3.54. The average molecular weight is 736 g/mol. The standard InChI is InChI=1S/C41H39F2N5O4S/c1-4-47(23-28-14-9-6-10-15-28)41(51)52-35-26-48(25-31-33(42)16-11-17-34(31)43)39-36(37(35)49)32(24-46(3)22-27-12-7-5-8-13-27)38(53-39)29-18-20-30(21-19-29)45-40(50)44-2/h5-21,26H,4,22-25H2,1-3H3,(H2,44,45,50). The zero-order chi connectivity index (χ0) is 37.5. The van der Waals surface area contributed by atoms with Crippen molar-refractivity contribution in [2.24, 2.45) is 0 Å². The molecule has 9 nitrogen and oxygen atoms in total. The summed E-state index contributed by atoms with van der Waals surface area (Å²) in [7, 11) is 3.47. The molecule has 0 atom stereocenters. The SMILES string of the molecule is CCN(Cc1ccccc1)C(=O)Oc1cn(Cc2c(F)cccc2F)c2sc(-c3ccc(NC(=O)NC)cc3)c(CN(C)Cc3ccccc3)c2c1=O. The molecule has 3 amide bonds. The van der Waals surface area contributed by atoms with Gasteiger partial charge in [-0.15, -0.1) is 11.3 Å². The molecule has 0 aliphatic carbocycles. The number of carbonyl (C=O) groups excluding carboxylic acids is 2. The van der Waals surface area contributed by atoms with Crippen LogP contribution in [0, 0.1) is 11.6 Å². The molecule has 2 N–H and O–H groups in total. The Hall–Kier alpha value is -5.85. The third-order valence-electron chi connectivity index (χ3n) is 8.77. The van der Waals surface area contributed by atoms with E-state index in [-0.39, 0.29) is 35.8 Å². The third kappa shape index (κ3) is 8.62. The quantitative estimate of drug-likeness (QED) is 0.132. The van der Waals surface area contributed by atoms with Gasteiger partial charge in [-0.1, -0.05) is 78.9 Å². The first kappa shape index (κ1) is 36.9. The topological polar surface area (TPSA) is 95.9 Å². The van der Waals surface area contributed by atoms with Crippen molar-refractivity contribution in [1.82, 2.24) is 19.7 Å². The zero-order valence-corrected chi connectivity index (χ0v) is 30.4. The molecular weight excluding hydrogens is 697 g/mol. The van der Waals surface area contributed by atoms with Crippen LogP contribution in [0.5, 0.6) is 5.75 Å². The van der Waals surface area contributed by atoms with Crippen molar-refractivity contribution in [3.8, 4) is 16.2 Å². The number of hydrogen-bond donors (Lipinski definition) is 2. The molecule has 0 aliphatic rings. The maximum Gasteiger partial charge on any atom is 0.415 e. The van der Waals surface area contributed by atoms with E-state index in [0.29, 0.717) is 35.7 Å². The lowest BCUT2D eigenvalue weighted by Crippen LogP contribution is -2.34. The van der Waals surface area contributed by atoms with Crippen molar-refractivity contribution in [1.29, 1.82) is 0 Å². The predicted octanol–water partition coefficient (Wildman–Crippen LogP) is 8.46. The Labute approximate surface area is 310 Å². The summed E-state index contributed by atoms with van der Waals surface area (Å²) in [5.41, 5.74) is 3.24. The molecule has 4 aromatic carbocycles. The smallest absolute Gasteiger partial charge is 0.404 e. The highest BCUT2D eigenvalue weighted by molar-refractivity contribution is 7.22. The summed E-state index contributed by atoms with van der Waals surface area (Å²) in [6, 6.07) is 29.8. The van der Waals surface area contributed by atoms with Crippen LogP contribution in [0.2, 0.25) is 0 Å². The molecule has 0 fully saturated rings. The Balaban J connectivity index is 1.50. The number of nitrogens with one attached hydrogen (secondary N) is 2. The van der Waals surface area contributed by atoms with Gasteiger partial charge in [0.15, 0.2) is 5.75 Å². The monoisotopic (exact) mass is 735 g/mol. The minimum atomic E-state index is -0.741. The number of halogens is 2. The van der Waals surface area contributed by atoms with Gasteiger partial charge in [0.25, 0.3) is 0 Å². The third-order valence-corrected chi connectivity index (χ3v) is 10.1. The van der Waals surface area contributed by atoms with Crippen molar-refractivity contribution in [3.05, 3.63) is 153 Å². The summed E-state index contributed by atoms with van der Waals surface area (Å²) < 4.78 is 37.7. The van der Waals surface area contributed by atoms with Crippen LogP contribution in [0.15, 0.2) is 114 Å². The minimum Gasteiger partial charge on any atom is -0.404 e. The number of anilines is 1. The molecule has 6 aromatic rings. The number of fused-ring (bicyclic) bond motifs is 1. The zero-order valence-electron chi connectivity index (χ0n) is 29.6. The van der Waals surface area contributed by atoms with Gasteiger partial charge in [-0.3, -0.25) is 9.69 Å². The van der Waals surface area contributed by atoms with Gasteiger partial charge in [-0.05, 0) is 60.5 Å². The molecule has 2 heterocycles. The Morgan fingerprint density at radius 3 is 2.04 bits per heavy atom. The number of ether oxygens (including phenoxy) is 1. The Kier molecular flexibility index (Phi) is 11.6. The van der Waals surface area contributed by atoms with Gasteiger partial charge in [0.1, 0.15) is 16.5 Å². The van der Waals surface area contributed by atoms with E-state index in [9.17, 15) is 14.4 Å². The maximum atomic E-state index is 15.1. The highest BCUT2D eigenvalue weighted by Gasteiger charge is 2.26. The van der Waals surface area contributed by atoms with E-state index in [1.165, 1.54) is 47.7 Å². The molecule has 0 spiro atoms. The van der Waals surface area contributed by atoms with E-state index in [2.05, 4.69) is 15.5 Å². The molecule has 12 heteroatoms. The van der Waals surface area contributed by atoms with Crippen LogP contribution in [0.4, 0.5) is 24.1 Å². The largest absolute Gasteiger partial charge is 0.415 e. The molecule has 0 saturated heterocycles. The number of urea groups is 1. The van der Waals surface area contributed by atoms with Crippen LogP contribution in [-0.2, 0) is 26.2 Å². The molecule has 0 bridgehead atoms. The first-order chi connectivity index (χ1) is 25.6. The molecule has 0 radical (unpaired) electrons. The fourth-order valence-electron chi connectivity index (χ4n) is 6.09. The number of hydrogen-bond acceptors (Lipinski definition) is 6. The Morgan fingerprint density at radius 1 is 0.811 bits per heavy atom. The van der Waals surface area contributed by atoms with Crippen molar-refractivity contribution in [3.63, 3.8) is 0 Å². The van der Waals surface area contributed by atoms with Gasteiger partial charge in [-0.2, -0.15) is 0 Å². The summed E-state index contributed by atoms with van der Waals surface area (Å²) in [5.74, 6) is -1.74. The van der Waals surface area contributed by atoms with E-state index in [4.69, 9.17) is 4.74 Å². The van der Waals surface area contributed by atoms with E-state index >= 15 is 8.78 Å². The number of benzene rings is 4. The highest BCUT2D eigenvalue weighted by atomic mass is 32.1. The van der Waals surface area contributed by atoms with Crippen molar-refractivity contribution < 1.29 is 23.1 Å². The number of nitrogens with zero attached hydrogens (tertiary/aromatic N) is 3. The van der Waals surface area contributed by atoms with Crippen molar-refractivity contribution in [2.45, 2.75) is 33.1 Å². The normalized spacial score (nSPS) is 11.1. The number of thiophene rings is 1. The molecule has 2 aromatic heterocycles. The van der Waals surface area contributed by atoms with Crippen molar-refractivity contribution in [2.75, 3.05) is 26.0 Å². The molecule has 0 unspecified atom stereocenters. The first-order valence-electron chi connectivity index (χ1n) is 17.1. The number of pyridine rings is 1. The van der Waals surface area contributed by atoms with Gasteiger partial charge < -0.3 is 24.8 Å². The summed E-state index contributed by atoms with van der Waals surface area (Å²) in [5, 5.41) is 5.56. The molecule has 0 aliphatic heterocycles. The second-order valence-electron chi connectivity index (χ2n) is 12.5. The van der Waals surface area contributed by atoms with E-state index in [1.807, 2.05) is 86.8 Å². The lowest BCUT2D eigenvalue weighted by atomic mass is 10.0. The second-order valence-corrected chi connectivity index (χ2v) is 13.5. The summed E-state index contributed by atoms with van der Waals surface area (Å²) in [6.45, 7) is 3.01. The van der Waals surface area contributed by atoms with Gasteiger partial charge in [0, 0.05) is 49.4 Å². The summed E-state index contributed by atoms with van der Waals surface area (Å²) >= 11 is 1.30. The fraction of sp³-hybridized carbons (Fsp3) is 0.195. The van der Waals surface area contributed by atoms with Crippen LogP contribution in [-0.4, -0.2) is 47.1 Å². The summed E-state index contributed by atoms with van der Waals surface area (Å²) in [4.78, 5) is 44.9. The second kappa shape index (κ2) is 16.7.